The molecule has 106 valence electrons. The number of pyridine rings is 1. The number of aromatic nitrogens is 1. The van der Waals surface area contributed by atoms with E-state index in [1.165, 1.54) is 6.07 Å². The molecule has 2 rings (SSSR count). The van der Waals surface area contributed by atoms with E-state index in [2.05, 4.69) is 46.9 Å². The van der Waals surface area contributed by atoms with Gasteiger partial charge in [0.15, 0.2) is 0 Å². The summed E-state index contributed by atoms with van der Waals surface area (Å²) in [7, 11) is 0. The standard InChI is InChI=1S/C13H10Br2F2N2O/c14-9-1-3-11(20-13(16)17)8(5-9)6-18-10-2-4-12(15)19-7-10/h1-5,7,13,18H,6H2. The number of benzene rings is 1. The summed E-state index contributed by atoms with van der Waals surface area (Å²) in [6.45, 7) is -2.49. The molecule has 0 amide bonds. The Kier molecular flexibility index (Phi) is 5.31. The predicted octanol–water partition coefficient (Wildman–Crippen LogP) is 4.82. The number of ether oxygens (including phenoxy) is 1. The van der Waals surface area contributed by atoms with Gasteiger partial charge in [-0.1, -0.05) is 15.9 Å². The number of hydrogen-bond donors (Lipinski definition) is 1. The molecule has 0 atom stereocenters. The Balaban J connectivity index is 2.11. The van der Waals surface area contributed by atoms with Crippen LogP contribution in [-0.4, -0.2) is 11.6 Å². The molecule has 0 fully saturated rings. The smallest absolute Gasteiger partial charge is 0.387 e. The molecule has 0 aliphatic heterocycles. The van der Waals surface area contributed by atoms with E-state index in [9.17, 15) is 8.78 Å². The van der Waals surface area contributed by atoms with E-state index in [0.29, 0.717) is 12.1 Å². The Hall–Kier alpha value is -1.21. The molecule has 3 nitrogen and oxygen atoms in total. The second-order valence-corrected chi connectivity index (χ2v) is 5.58. The molecule has 0 saturated carbocycles. The lowest BCUT2D eigenvalue weighted by Gasteiger charge is -2.12. The van der Waals surface area contributed by atoms with Crippen molar-refractivity contribution in [2.75, 3.05) is 5.32 Å². The largest absolute Gasteiger partial charge is 0.434 e. The van der Waals surface area contributed by atoms with Crippen LogP contribution in [-0.2, 0) is 6.54 Å². The van der Waals surface area contributed by atoms with Gasteiger partial charge in [-0.15, -0.1) is 0 Å². The van der Waals surface area contributed by atoms with Gasteiger partial charge in [0, 0.05) is 16.6 Å². The van der Waals surface area contributed by atoms with Crippen molar-refractivity contribution in [2.45, 2.75) is 13.2 Å². The first-order valence-electron chi connectivity index (χ1n) is 5.63. The summed E-state index contributed by atoms with van der Waals surface area (Å²) in [6.07, 6.45) is 1.65. The maximum Gasteiger partial charge on any atom is 0.387 e. The average Bonchev–Trinajstić information content (AvgIpc) is 2.40. The topological polar surface area (TPSA) is 34.1 Å². The summed E-state index contributed by atoms with van der Waals surface area (Å²) in [5, 5.41) is 3.10. The second kappa shape index (κ2) is 6.99. The van der Waals surface area contributed by atoms with Crippen molar-refractivity contribution in [1.82, 2.24) is 4.98 Å². The third kappa shape index (κ3) is 4.42. The molecule has 1 aromatic heterocycles. The lowest BCUT2D eigenvalue weighted by molar-refractivity contribution is -0.0504. The molecule has 1 heterocycles. The number of nitrogens with one attached hydrogen (secondary N) is 1. The highest BCUT2D eigenvalue weighted by Crippen LogP contribution is 2.25. The zero-order valence-corrected chi connectivity index (χ0v) is 13.3. The molecule has 20 heavy (non-hydrogen) atoms. The van der Waals surface area contributed by atoms with E-state index >= 15 is 0 Å². The summed E-state index contributed by atoms with van der Waals surface area (Å²) >= 11 is 6.55. The van der Waals surface area contributed by atoms with E-state index in [-0.39, 0.29) is 5.75 Å². The molecule has 0 unspecified atom stereocenters. The first-order chi connectivity index (χ1) is 9.54. The Bertz CT molecular complexity index is 579. The SMILES string of the molecule is FC(F)Oc1ccc(Br)cc1CNc1ccc(Br)nc1. The minimum Gasteiger partial charge on any atom is -0.434 e. The normalized spacial score (nSPS) is 10.7. The Morgan fingerprint density at radius 3 is 2.65 bits per heavy atom. The van der Waals surface area contributed by atoms with Gasteiger partial charge in [-0.3, -0.25) is 0 Å². The van der Waals surface area contributed by atoms with Crippen LogP contribution in [0.2, 0.25) is 0 Å². The van der Waals surface area contributed by atoms with Crippen LogP contribution < -0.4 is 10.1 Å². The lowest BCUT2D eigenvalue weighted by atomic mass is 10.2. The molecule has 0 spiro atoms. The van der Waals surface area contributed by atoms with Crippen LogP contribution in [0.1, 0.15) is 5.56 Å². The van der Waals surface area contributed by atoms with Crippen molar-refractivity contribution in [3.8, 4) is 5.75 Å². The number of alkyl halides is 2. The van der Waals surface area contributed by atoms with Gasteiger partial charge in [-0.05, 0) is 46.3 Å². The number of rotatable bonds is 5. The highest BCUT2D eigenvalue weighted by atomic mass is 79.9. The van der Waals surface area contributed by atoms with Gasteiger partial charge >= 0.3 is 6.61 Å². The molecule has 0 saturated heterocycles. The zero-order chi connectivity index (χ0) is 14.5. The minimum absolute atomic E-state index is 0.153. The van der Waals surface area contributed by atoms with E-state index in [0.717, 1.165) is 14.8 Å². The fraction of sp³-hybridized carbons (Fsp3) is 0.154. The van der Waals surface area contributed by atoms with E-state index < -0.39 is 6.61 Å². The van der Waals surface area contributed by atoms with Gasteiger partial charge in [0.05, 0.1) is 11.9 Å². The Morgan fingerprint density at radius 1 is 1.20 bits per heavy atom. The van der Waals surface area contributed by atoms with Crippen molar-refractivity contribution in [3.63, 3.8) is 0 Å². The van der Waals surface area contributed by atoms with Crippen LogP contribution in [0.25, 0.3) is 0 Å². The third-order valence-corrected chi connectivity index (χ3v) is 3.41. The quantitative estimate of drug-likeness (QED) is 0.721. The third-order valence-electron chi connectivity index (χ3n) is 2.45. The molecule has 0 bridgehead atoms. The van der Waals surface area contributed by atoms with Crippen molar-refractivity contribution >= 4 is 37.5 Å². The molecule has 0 radical (unpaired) electrons. The predicted molar refractivity (Wildman–Crippen MR) is 80.0 cm³/mol. The minimum atomic E-state index is -2.84. The van der Waals surface area contributed by atoms with Gasteiger partial charge in [-0.2, -0.15) is 8.78 Å². The van der Waals surface area contributed by atoms with Crippen LogP contribution in [0.4, 0.5) is 14.5 Å². The fourth-order valence-corrected chi connectivity index (χ4v) is 2.22. The van der Waals surface area contributed by atoms with Gasteiger partial charge in [0.25, 0.3) is 0 Å². The summed E-state index contributed by atoms with van der Waals surface area (Å²) in [5.74, 6) is 0.153. The lowest BCUT2D eigenvalue weighted by Crippen LogP contribution is -2.07. The Labute approximate surface area is 131 Å². The second-order valence-electron chi connectivity index (χ2n) is 3.85. The number of anilines is 1. The van der Waals surface area contributed by atoms with Gasteiger partial charge < -0.3 is 10.1 Å². The molecular formula is C13H10Br2F2N2O. The van der Waals surface area contributed by atoms with Crippen LogP contribution >= 0.6 is 31.9 Å². The van der Waals surface area contributed by atoms with Crippen molar-refractivity contribution in [2.24, 2.45) is 0 Å². The van der Waals surface area contributed by atoms with Crippen molar-refractivity contribution in [1.29, 1.82) is 0 Å². The highest BCUT2D eigenvalue weighted by molar-refractivity contribution is 9.10. The van der Waals surface area contributed by atoms with Crippen LogP contribution in [0.3, 0.4) is 0 Å². The summed E-state index contributed by atoms with van der Waals surface area (Å²) in [4.78, 5) is 4.07. The average molecular weight is 408 g/mol. The zero-order valence-electron chi connectivity index (χ0n) is 10.1. The molecule has 7 heteroatoms. The molecular weight excluding hydrogens is 398 g/mol. The Morgan fingerprint density at radius 2 is 2.00 bits per heavy atom. The summed E-state index contributed by atoms with van der Waals surface area (Å²) in [5.41, 5.74) is 1.42. The van der Waals surface area contributed by atoms with E-state index in [1.807, 2.05) is 6.07 Å². The number of halogens is 4. The summed E-state index contributed by atoms with van der Waals surface area (Å²) in [6, 6.07) is 8.52. The number of hydrogen-bond acceptors (Lipinski definition) is 3. The molecule has 2 aromatic rings. The van der Waals surface area contributed by atoms with E-state index in [4.69, 9.17) is 0 Å². The molecule has 0 aliphatic carbocycles. The van der Waals surface area contributed by atoms with Crippen molar-refractivity contribution < 1.29 is 13.5 Å². The van der Waals surface area contributed by atoms with E-state index in [1.54, 1.807) is 24.4 Å². The van der Waals surface area contributed by atoms with Gasteiger partial charge in [-0.25, -0.2) is 4.98 Å². The first-order valence-corrected chi connectivity index (χ1v) is 7.22. The monoisotopic (exact) mass is 406 g/mol. The first kappa shape index (κ1) is 15.2. The van der Waals surface area contributed by atoms with Crippen LogP contribution in [0.5, 0.6) is 5.75 Å². The fourth-order valence-electron chi connectivity index (χ4n) is 1.57. The van der Waals surface area contributed by atoms with Gasteiger partial charge in [0.2, 0.25) is 0 Å². The van der Waals surface area contributed by atoms with Crippen molar-refractivity contribution in [3.05, 3.63) is 51.2 Å². The molecule has 1 N–H and O–H groups in total. The van der Waals surface area contributed by atoms with Crippen LogP contribution in [0.15, 0.2) is 45.6 Å². The molecule has 0 aliphatic rings. The maximum absolute atomic E-state index is 12.3. The number of nitrogens with zero attached hydrogens (tertiary/aromatic N) is 1. The molecule has 1 aromatic carbocycles. The highest BCUT2D eigenvalue weighted by Gasteiger charge is 2.10. The van der Waals surface area contributed by atoms with Gasteiger partial charge in [0.1, 0.15) is 10.4 Å². The van der Waals surface area contributed by atoms with Crippen LogP contribution in [0, 0.1) is 0 Å². The maximum atomic E-state index is 12.3. The summed E-state index contributed by atoms with van der Waals surface area (Å²) < 4.78 is 30.7.